The van der Waals surface area contributed by atoms with Crippen molar-refractivity contribution in [2.45, 2.75) is 110 Å². The summed E-state index contributed by atoms with van der Waals surface area (Å²) < 4.78 is 0. The average Bonchev–Trinajstić information content (AvgIpc) is 3.14. The van der Waals surface area contributed by atoms with E-state index in [-0.39, 0.29) is 0 Å². The van der Waals surface area contributed by atoms with Gasteiger partial charge >= 0.3 is 0 Å². The first-order chi connectivity index (χ1) is 13.4. The molecule has 0 radical (unpaired) electrons. The smallest absolute Gasteiger partial charge is 0.0138 e. The van der Waals surface area contributed by atoms with Crippen LogP contribution in [0.5, 0.6) is 0 Å². The molecule has 6 fully saturated rings. The maximum atomic E-state index is 3.07. The van der Waals surface area contributed by atoms with Crippen molar-refractivity contribution in [2.24, 2.45) is 52.3 Å². The second-order valence-corrected chi connectivity index (χ2v) is 13.1. The Morgan fingerprint density at radius 3 is 2.46 bits per heavy atom. The summed E-state index contributed by atoms with van der Waals surface area (Å²) in [6.07, 6.45) is 17.0. The van der Waals surface area contributed by atoms with Crippen molar-refractivity contribution in [1.29, 1.82) is 0 Å². The van der Waals surface area contributed by atoms with E-state index in [9.17, 15) is 0 Å². The van der Waals surface area contributed by atoms with Crippen LogP contribution >= 0.6 is 0 Å². The Bertz CT molecular complexity index is 628. The molecule has 0 amide bonds. The molecule has 2 aliphatic heterocycles. The van der Waals surface area contributed by atoms with Crippen molar-refractivity contribution in [3.05, 3.63) is 0 Å². The number of rotatable bonds is 0. The minimum absolute atomic E-state index is 0.656. The lowest BCUT2D eigenvalue weighted by atomic mass is 9.44. The van der Waals surface area contributed by atoms with Gasteiger partial charge in [0, 0.05) is 18.6 Å². The molecule has 158 valence electrons. The van der Waals surface area contributed by atoms with Crippen molar-refractivity contribution in [3.63, 3.8) is 0 Å². The van der Waals surface area contributed by atoms with Gasteiger partial charge in [-0.2, -0.15) is 0 Å². The largest absolute Gasteiger partial charge is 0.297 e. The molecule has 0 spiro atoms. The first-order valence-corrected chi connectivity index (χ1v) is 13.2. The van der Waals surface area contributed by atoms with Crippen LogP contribution in [-0.2, 0) is 0 Å². The highest BCUT2D eigenvalue weighted by Gasteiger charge is 2.66. The molecule has 2 saturated heterocycles. The Labute approximate surface area is 174 Å². The van der Waals surface area contributed by atoms with Crippen LogP contribution in [-0.4, -0.2) is 23.5 Å². The van der Waals surface area contributed by atoms with Gasteiger partial charge in [0.05, 0.1) is 0 Å². The van der Waals surface area contributed by atoms with Crippen LogP contribution in [0, 0.1) is 52.3 Å². The zero-order chi connectivity index (χ0) is 19.3. The molecule has 28 heavy (non-hydrogen) atoms. The van der Waals surface area contributed by atoms with Crippen molar-refractivity contribution in [1.82, 2.24) is 4.90 Å². The summed E-state index contributed by atoms with van der Waals surface area (Å²) in [7, 11) is 0. The number of fused-ring (bicyclic) bond motifs is 9. The molecule has 0 aromatic rings. The fourth-order valence-corrected chi connectivity index (χ4v) is 11.0. The van der Waals surface area contributed by atoms with Gasteiger partial charge in [0.25, 0.3) is 0 Å². The Morgan fingerprint density at radius 1 is 0.750 bits per heavy atom. The fourth-order valence-electron chi connectivity index (χ4n) is 11.0. The Balaban J connectivity index is 1.32. The van der Waals surface area contributed by atoms with Crippen LogP contribution < -0.4 is 0 Å². The monoisotopic (exact) mass is 383 g/mol. The van der Waals surface area contributed by atoms with E-state index in [0.717, 1.165) is 53.5 Å². The van der Waals surface area contributed by atoms with Crippen molar-refractivity contribution in [2.75, 3.05) is 6.54 Å². The molecule has 2 heterocycles. The Hall–Kier alpha value is -0.0400. The SMILES string of the molecule is C[C@H]1CC[C@@H]2[C@@H](C)[C@H]3[C@H](C[C@H]4[C@@H]5CCC6CCCC[C@]6(C)[C@H]5CC[C@]34C)N2C1. The summed E-state index contributed by atoms with van der Waals surface area (Å²) >= 11 is 0. The normalized spacial score (nSPS) is 61.1. The van der Waals surface area contributed by atoms with Crippen LogP contribution in [0.3, 0.4) is 0 Å². The third-order valence-corrected chi connectivity index (χ3v) is 12.2. The zero-order valence-corrected chi connectivity index (χ0v) is 19.1. The van der Waals surface area contributed by atoms with Gasteiger partial charge in [-0.15, -0.1) is 0 Å². The van der Waals surface area contributed by atoms with Crippen LogP contribution in [0.15, 0.2) is 0 Å². The highest BCUT2D eigenvalue weighted by Crippen LogP contribution is 2.70. The van der Waals surface area contributed by atoms with Crippen LogP contribution in [0.4, 0.5) is 0 Å². The summed E-state index contributed by atoms with van der Waals surface area (Å²) in [5, 5.41) is 0. The number of piperidine rings is 1. The van der Waals surface area contributed by atoms with Crippen molar-refractivity contribution in [3.8, 4) is 0 Å². The van der Waals surface area contributed by atoms with Crippen molar-refractivity contribution >= 4 is 0 Å². The van der Waals surface area contributed by atoms with Gasteiger partial charge in [-0.05, 0) is 110 Å². The Morgan fingerprint density at radius 2 is 1.61 bits per heavy atom. The second kappa shape index (κ2) is 6.24. The van der Waals surface area contributed by atoms with E-state index >= 15 is 0 Å². The molecule has 1 unspecified atom stereocenters. The van der Waals surface area contributed by atoms with E-state index in [0.29, 0.717) is 10.8 Å². The summed E-state index contributed by atoms with van der Waals surface area (Å²) in [6.45, 7) is 12.1. The van der Waals surface area contributed by atoms with E-state index < -0.39 is 0 Å². The van der Waals surface area contributed by atoms with Gasteiger partial charge in [0.15, 0.2) is 0 Å². The molecule has 0 N–H and O–H groups in total. The molecule has 4 aliphatic carbocycles. The summed E-state index contributed by atoms with van der Waals surface area (Å²) in [5.74, 6) is 7.13. The summed E-state index contributed by atoms with van der Waals surface area (Å²) in [6, 6.07) is 1.86. The predicted molar refractivity (Wildman–Crippen MR) is 117 cm³/mol. The first kappa shape index (κ1) is 18.7. The maximum Gasteiger partial charge on any atom is 0.0138 e. The van der Waals surface area contributed by atoms with Gasteiger partial charge < -0.3 is 0 Å². The van der Waals surface area contributed by atoms with E-state index in [1.54, 1.807) is 44.9 Å². The molecule has 1 heteroatoms. The van der Waals surface area contributed by atoms with Crippen LogP contribution in [0.2, 0.25) is 0 Å². The number of nitrogens with zero attached hydrogens (tertiary/aromatic N) is 1. The highest BCUT2D eigenvalue weighted by atomic mass is 15.2. The van der Waals surface area contributed by atoms with Gasteiger partial charge in [-0.1, -0.05) is 40.5 Å². The van der Waals surface area contributed by atoms with Crippen molar-refractivity contribution < 1.29 is 0 Å². The summed E-state index contributed by atoms with van der Waals surface area (Å²) in [5.41, 5.74) is 1.36. The molecule has 1 nitrogen and oxygen atoms in total. The third-order valence-electron chi connectivity index (χ3n) is 12.2. The molecule has 6 aliphatic rings. The highest BCUT2D eigenvalue weighted by molar-refractivity contribution is 5.17. The molecular formula is C27H45N. The lowest BCUT2D eigenvalue weighted by Crippen LogP contribution is -2.53. The molecule has 6 rings (SSSR count). The van der Waals surface area contributed by atoms with Crippen LogP contribution in [0.25, 0.3) is 0 Å². The summed E-state index contributed by atoms with van der Waals surface area (Å²) in [4.78, 5) is 3.07. The van der Waals surface area contributed by atoms with E-state index in [4.69, 9.17) is 0 Å². The molecule has 0 bridgehead atoms. The first-order valence-electron chi connectivity index (χ1n) is 13.2. The molecular weight excluding hydrogens is 338 g/mol. The molecule has 0 aromatic carbocycles. The van der Waals surface area contributed by atoms with Gasteiger partial charge in [0.2, 0.25) is 0 Å². The minimum Gasteiger partial charge on any atom is -0.297 e. The van der Waals surface area contributed by atoms with Crippen LogP contribution in [0.1, 0.15) is 98.3 Å². The maximum absolute atomic E-state index is 3.07. The number of hydrogen-bond acceptors (Lipinski definition) is 1. The molecule has 4 saturated carbocycles. The van der Waals surface area contributed by atoms with Gasteiger partial charge in [-0.3, -0.25) is 4.90 Å². The van der Waals surface area contributed by atoms with Gasteiger partial charge in [0.1, 0.15) is 0 Å². The quantitative estimate of drug-likeness (QED) is 0.446. The lowest BCUT2D eigenvalue weighted by molar-refractivity contribution is -0.114. The standard InChI is InChI=1S/C27H45N/c1-17-8-11-23-18(2)25-24(28(23)16-17)15-22-20-10-9-19-7-5-6-13-26(19,3)21(20)12-14-27(22,25)4/h17-25H,5-16H2,1-4H3/t17-,18+,19?,20+,21-,22-,23+,24-,25-,26-,27-/m0/s1. The average molecular weight is 384 g/mol. The predicted octanol–water partition coefficient (Wildman–Crippen LogP) is 6.76. The lowest BCUT2D eigenvalue weighted by Gasteiger charge is -2.60. The molecule has 0 aromatic heterocycles. The third kappa shape index (κ3) is 2.29. The van der Waals surface area contributed by atoms with E-state index in [2.05, 4.69) is 32.6 Å². The van der Waals surface area contributed by atoms with Gasteiger partial charge in [-0.25, -0.2) is 0 Å². The Kier molecular flexibility index (Phi) is 4.17. The minimum atomic E-state index is 0.656. The van der Waals surface area contributed by atoms with E-state index in [1.165, 1.54) is 32.2 Å². The van der Waals surface area contributed by atoms with E-state index in [1.807, 2.05) is 0 Å². The molecule has 11 atom stereocenters. The fraction of sp³-hybridized carbons (Fsp3) is 1.00. The number of hydrogen-bond donors (Lipinski definition) is 0. The second-order valence-electron chi connectivity index (χ2n) is 13.1. The zero-order valence-electron chi connectivity index (χ0n) is 19.1. The topological polar surface area (TPSA) is 3.24 Å².